The number of carbonyl (C=O) groups excluding carboxylic acids is 1. The zero-order chi connectivity index (χ0) is 14.0. The van der Waals surface area contributed by atoms with Crippen LogP contribution in [0.1, 0.15) is 23.2 Å². The predicted octanol–water partition coefficient (Wildman–Crippen LogP) is 1.13. The number of nitrogens with zero attached hydrogens (tertiary/aromatic N) is 2. The number of fused-ring (bicyclic) bond motifs is 1. The van der Waals surface area contributed by atoms with Crippen molar-refractivity contribution in [3.8, 4) is 0 Å². The van der Waals surface area contributed by atoms with Gasteiger partial charge in [0, 0.05) is 32.3 Å². The van der Waals surface area contributed by atoms with Crippen molar-refractivity contribution in [1.82, 2.24) is 20.2 Å². The molecule has 9 heteroatoms. The van der Waals surface area contributed by atoms with Gasteiger partial charge in [-0.2, -0.15) is 13.2 Å². The van der Waals surface area contributed by atoms with Crippen LogP contribution in [0.2, 0.25) is 0 Å². The fourth-order valence-corrected chi connectivity index (χ4v) is 1.83. The van der Waals surface area contributed by atoms with Crippen molar-refractivity contribution in [1.29, 1.82) is 0 Å². The maximum absolute atomic E-state index is 12.4. The van der Waals surface area contributed by atoms with Crippen LogP contribution in [0, 0.1) is 0 Å². The molecule has 1 amide bonds. The van der Waals surface area contributed by atoms with Gasteiger partial charge < -0.3 is 15.2 Å². The van der Waals surface area contributed by atoms with E-state index in [2.05, 4.69) is 10.3 Å². The molecule has 0 saturated heterocycles. The highest BCUT2D eigenvalue weighted by Gasteiger charge is 2.37. The largest absolute Gasteiger partial charge is 0.408 e. The zero-order valence-corrected chi connectivity index (χ0v) is 11.6. The lowest BCUT2D eigenvalue weighted by atomic mass is 10.3. The van der Waals surface area contributed by atoms with Gasteiger partial charge in [-0.1, -0.05) is 0 Å². The molecule has 5 nitrogen and oxygen atoms in total. The lowest BCUT2D eigenvalue weighted by Crippen LogP contribution is -2.43. The van der Waals surface area contributed by atoms with E-state index in [0.717, 1.165) is 25.8 Å². The summed E-state index contributed by atoms with van der Waals surface area (Å²) in [6.45, 7) is 3.06. The molecule has 1 aliphatic heterocycles. The highest BCUT2D eigenvalue weighted by Crippen LogP contribution is 2.19. The van der Waals surface area contributed by atoms with Gasteiger partial charge in [0.2, 0.25) is 0 Å². The van der Waals surface area contributed by atoms with E-state index >= 15 is 0 Å². The minimum atomic E-state index is -4.45. The second-order valence-corrected chi connectivity index (χ2v) is 4.47. The first kappa shape index (κ1) is 16.8. The first-order chi connectivity index (χ1) is 8.88. The van der Waals surface area contributed by atoms with Crippen molar-refractivity contribution < 1.29 is 18.0 Å². The predicted molar refractivity (Wildman–Crippen MR) is 69.0 cm³/mol. The number of nitrogens with one attached hydrogen (secondary N) is 2. The van der Waals surface area contributed by atoms with Crippen molar-refractivity contribution >= 4 is 18.3 Å². The Hall–Kier alpha value is -1.28. The number of carbonyl (C=O) groups is 1. The fraction of sp³-hybridized carbons (Fsp3) is 0.636. The second kappa shape index (κ2) is 6.45. The number of amides is 1. The van der Waals surface area contributed by atoms with Crippen LogP contribution in [0.25, 0.3) is 0 Å². The molecule has 0 aliphatic carbocycles. The SMILES string of the molecule is CC(NC(=O)c1cn2c(n1)CCNCC2)C(F)(F)F.Cl. The number of rotatable bonds is 2. The smallest absolute Gasteiger partial charge is 0.339 e. The molecular weight excluding hydrogens is 297 g/mol. The number of hydrogen-bond acceptors (Lipinski definition) is 3. The van der Waals surface area contributed by atoms with Gasteiger partial charge in [-0.05, 0) is 6.92 Å². The van der Waals surface area contributed by atoms with Crippen molar-refractivity contribution in [3.63, 3.8) is 0 Å². The van der Waals surface area contributed by atoms with Crippen molar-refractivity contribution in [2.75, 3.05) is 13.1 Å². The van der Waals surface area contributed by atoms with Gasteiger partial charge in [-0.25, -0.2) is 4.98 Å². The number of alkyl halides is 3. The number of imidazole rings is 1. The molecule has 114 valence electrons. The van der Waals surface area contributed by atoms with E-state index in [1.165, 1.54) is 6.20 Å². The lowest BCUT2D eigenvalue weighted by molar-refractivity contribution is -0.149. The molecule has 1 atom stereocenters. The van der Waals surface area contributed by atoms with Crippen LogP contribution in [0.4, 0.5) is 13.2 Å². The van der Waals surface area contributed by atoms with E-state index < -0.39 is 18.1 Å². The standard InChI is InChI=1S/C11H15F3N4O.ClH/c1-7(11(12,13)14)16-10(19)8-6-18-5-4-15-3-2-9(18)17-8;/h6-7,15H,2-5H2,1H3,(H,16,19);1H. The van der Waals surface area contributed by atoms with Gasteiger partial charge in [0.1, 0.15) is 17.6 Å². The van der Waals surface area contributed by atoms with Gasteiger partial charge in [-0.3, -0.25) is 4.79 Å². The molecule has 1 unspecified atom stereocenters. The third-order valence-electron chi connectivity index (χ3n) is 2.99. The van der Waals surface area contributed by atoms with Gasteiger partial charge >= 0.3 is 6.18 Å². The summed E-state index contributed by atoms with van der Waals surface area (Å²) < 4.78 is 38.9. The molecule has 0 spiro atoms. The summed E-state index contributed by atoms with van der Waals surface area (Å²) in [5, 5.41) is 5.08. The zero-order valence-electron chi connectivity index (χ0n) is 10.8. The maximum atomic E-state index is 12.4. The average molecular weight is 313 g/mol. The topological polar surface area (TPSA) is 59.0 Å². The summed E-state index contributed by atoms with van der Waals surface area (Å²) in [6.07, 6.45) is -2.29. The van der Waals surface area contributed by atoms with Crippen LogP contribution in [0.5, 0.6) is 0 Å². The third-order valence-corrected chi connectivity index (χ3v) is 2.99. The molecule has 0 radical (unpaired) electrons. The first-order valence-corrected chi connectivity index (χ1v) is 6.02. The second-order valence-electron chi connectivity index (χ2n) is 4.47. The first-order valence-electron chi connectivity index (χ1n) is 6.02. The molecule has 2 heterocycles. The Morgan fingerprint density at radius 3 is 2.85 bits per heavy atom. The molecule has 1 aromatic heterocycles. The number of halogens is 4. The average Bonchev–Trinajstić information content (AvgIpc) is 2.60. The van der Waals surface area contributed by atoms with Crippen molar-refractivity contribution in [3.05, 3.63) is 17.7 Å². The summed E-state index contributed by atoms with van der Waals surface area (Å²) in [5.74, 6) is -0.0758. The summed E-state index contributed by atoms with van der Waals surface area (Å²) in [6, 6.07) is -1.89. The third kappa shape index (κ3) is 3.86. The Balaban J connectivity index is 0.00000200. The molecule has 0 fully saturated rings. The molecule has 0 saturated carbocycles. The lowest BCUT2D eigenvalue weighted by Gasteiger charge is -2.16. The van der Waals surface area contributed by atoms with Gasteiger partial charge in [0.25, 0.3) is 5.91 Å². The Labute approximate surface area is 120 Å². The molecular formula is C11H16ClF3N4O. The van der Waals surface area contributed by atoms with Gasteiger partial charge in [-0.15, -0.1) is 12.4 Å². The van der Waals surface area contributed by atoms with E-state index in [1.54, 1.807) is 4.57 Å². The van der Waals surface area contributed by atoms with Gasteiger partial charge in [0.05, 0.1) is 0 Å². The Kier molecular flexibility index (Phi) is 5.41. The van der Waals surface area contributed by atoms with Crippen LogP contribution in [-0.4, -0.2) is 40.8 Å². The van der Waals surface area contributed by atoms with Crippen LogP contribution >= 0.6 is 12.4 Å². The van der Waals surface area contributed by atoms with Crippen LogP contribution < -0.4 is 10.6 Å². The summed E-state index contributed by atoms with van der Waals surface area (Å²) in [7, 11) is 0. The fourth-order valence-electron chi connectivity index (χ4n) is 1.83. The molecule has 2 rings (SSSR count). The normalized spacial score (nSPS) is 16.6. The Morgan fingerprint density at radius 2 is 2.20 bits per heavy atom. The van der Waals surface area contributed by atoms with E-state index in [4.69, 9.17) is 0 Å². The molecule has 20 heavy (non-hydrogen) atoms. The van der Waals surface area contributed by atoms with Crippen LogP contribution in [-0.2, 0) is 13.0 Å². The van der Waals surface area contributed by atoms with E-state index in [0.29, 0.717) is 13.0 Å². The minimum Gasteiger partial charge on any atom is -0.339 e. The quantitative estimate of drug-likeness (QED) is 0.861. The number of aromatic nitrogens is 2. The van der Waals surface area contributed by atoms with Crippen molar-refractivity contribution in [2.24, 2.45) is 0 Å². The van der Waals surface area contributed by atoms with Gasteiger partial charge in [0.15, 0.2) is 0 Å². The molecule has 1 aliphatic rings. The van der Waals surface area contributed by atoms with Crippen LogP contribution in [0.15, 0.2) is 6.20 Å². The Bertz CT molecular complexity index is 451. The highest BCUT2D eigenvalue weighted by molar-refractivity contribution is 5.92. The van der Waals surface area contributed by atoms with E-state index in [-0.39, 0.29) is 18.1 Å². The molecule has 0 aromatic carbocycles. The minimum absolute atomic E-state index is 0. The molecule has 2 N–H and O–H groups in total. The van der Waals surface area contributed by atoms with Crippen molar-refractivity contribution in [2.45, 2.75) is 32.1 Å². The van der Waals surface area contributed by atoms with E-state index in [9.17, 15) is 18.0 Å². The van der Waals surface area contributed by atoms with E-state index in [1.807, 2.05) is 5.32 Å². The Morgan fingerprint density at radius 1 is 1.50 bits per heavy atom. The summed E-state index contributed by atoms with van der Waals surface area (Å²) in [5.41, 5.74) is 0.0352. The molecule has 1 aromatic rings. The molecule has 0 bridgehead atoms. The van der Waals surface area contributed by atoms with Crippen LogP contribution in [0.3, 0.4) is 0 Å². The monoisotopic (exact) mass is 312 g/mol. The summed E-state index contributed by atoms with van der Waals surface area (Å²) in [4.78, 5) is 15.8. The summed E-state index contributed by atoms with van der Waals surface area (Å²) >= 11 is 0. The number of hydrogen-bond donors (Lipinski definition) is 2. The maximum Gasteiger partial charge on any atom is 0.408 e. The highest BCUT2D eigenvalue weighted by atomic mass is 35.5.